The summed E-state index contributed by atoms with van der Waals surface area (Å²) in [6.45, 7) is 4.76. The quantitative estimate of drug-likeness (QED) is 0.155. The Hall–Kier alpha value is -7.22. The summed E-state index contributed by atoms with van der Waals surface area (Å²) >= 11 is 0. The van der Waals surface area contributed by atoms with Crippen LogP contribution in [0.4, 0.5) is 17.1 Å². The van der Waals surface area contributed by atoms with Crippen molar-refractivity contribution in [3.05, 3.63) is 235 Å². The van der Waals surface area contributed by atoms with Crippen LogP contribution in [-0.2, 0) is 10.8 Å². The summed E-state index contributed by atoms with van der Waals surface area (Å²) in [5, 5.41) is 0. The minimum Gasteiger partial charge on any atom is -0.310 e. The molecule has 0 unspecified atom stereocenters. The van der Waals surface area contributed by atoms with E-state index in [-0.39, 0.29) is 10.8 Å². The number of benzene rings is 9. The molecule has 1 fully saturated rings. The van der Waals surface area contributed by atoms with E-state index >= 15 is 0 Å². The van der Waals surface area contributed by atoms with Crippen molar-refractivity contribution in [1.29, 1.82) is 0 Å². The molecule has 63 heavy (non-hydrogen) atoms. The molecule has 0 heterocycles. The molecule has 1 nitrogen and oxygen atoms in total. The second kappa shape index (κ2) is 14.7. The van der Waals surface area contributed by atoms with Crippen molar-refractivity contribution >= 4 is 17.1 Å². The molecule has 0 N–H and O–H groups in total. The van der Waals surface area contributed by atoms with Crippen molar-refractivity contribution in [2.45, 2.75) is 50.4 Å². The van der Waals surface area contributed by atoms with E-state index in [0.29, 0.717) is 0 Å². The number of rotatable bonds is 7. The number of anilines is 3. The predicted molar refractivity (Wildman–Crippen MR) is 265 cm³/mol. The molecule has 9 aromatic carbocycles. The largest absolute Gasteiger partial charge is 0.310 e. The van der Waals surface area contributed by atoms with Gasteiger partial charge in [0.25, 0.3) is 0 Å². The molecule has 3 aliphatic carbocycles. The number of para-hydroxylation sites is 1. The Labute approximate surface area is 372 Å². The van der Waals surface area contributed by atoms with Crippen molar-refractivity contribution in [3.63, 3.8) is 0 Å². The summed E-state index contributed by atoms with van der Waals surface area (Å²) < 4.78 is 0. The van der Waals surface area contributed by atoms with Crippen LogP contribution in [0.15, 0.2) is 212 Å². The van der Waals surface area contributed by atoms with E-state index in [1.54, 1.807) is 0 Å². The van der Waals surface area contributed by atoms with Gasteiger partial charge in [0.05, 0.1) is 5.69 Å². The maximum Gasteiger partial charge on any atom is 0.0540 e. The Bertz CT molecular complexity index is 3200. The van der Waals surface area contributed by atoms with Crippen LogP contribution in [0, 0.1) is 0 Å². The Morgan fingerprint density at radius 3 is 1.57 bits per heavy atom. The Kier molecular flexibility index (Phi) is 8.76. The second-order valence-corrected chi connectivity index (χ2v) is 18.4. The average molecular weight is 808 g/mol. The molecule has 1 spiro atoms. The number of hydrogen-bond acceptors (Lipinski definition) is 1. The molecule has 0 radical (unpaired) electrons. The fourth-order valence-electron chi connectivity index (χ4n) is 11.8. The first kappa shape index (κ1) is 37.5. The molecule has 0 atom stereocenters. The van der Waals surface area contributed by atoms with Gasteiger partial charge in [0, 0.05) is 27.8 Å². The van der Waals surface area contributed by atoms with Crippen molar-refractivity contribution in [2.75, 3.05) is 4.90 Å². The summed E-state index contributed by atoms with van der Waals surface area (Å²) in [7, 11) is 0. The van der Waals surface area contributed by atoms with Gasteiger partial charge in [-0.1, -0.05) is 203 Å². The van der Waals surface area contributed by atoms with Crippen LogP contribution in [0.2, 0.25) is 0 Å². The highest BCUT2D eigenvalue weighted by Gasteiger charge is 2.45. The smallest absolute Gasteiger partial charge is 0.0540 e. The van der Waals surface area contributed by atoms with Crippen LogP contribution in [-0.4, -0.2) is 0 Å². The maximum absolute atomic E-state index is 2.54. The fourth-order valence-corrected chi connectivity index (χ4v) is 11.8. The first-order valence-electron chi connectivity index (χ1n) is 22.7. The average Bonchev–Trinajstić information content (AvgIpc) is 4.02. The normalized spacial score (nSPS) is 14.8. The zero-order chi connectivity index (χ0) is 42.1. The Morgan fingerprint density at radius 2 is 0.825 bits per heavy atom. The van der Waals surface area contributed by atoms with Crippen LogP contribution in [0.25, 0.3) is 66.8 Å². The molecule has 0 aromatic heterocycles. The first-order chi connectivity index (χ1) is 31.0. The second-order valence-electron chi connectivity index (χ2n) is 18.4. The van der Waals surface area contributed by atoms with Gasteiger partial charge in [-0.15, -0.1) is 0 Å². The van der Waals surface area contributed by atoms with Crippen LogP contribution >= 0.6 is 0 Å². The molecule has 3 aliphatic rings. The van der Waals surface area contributed by atoms with Crippen LogP contribution in [0.3, 0.4) is 0 Å². The summed E-state index contributed by atoms with van der Waals surface area (Å²) in [6, 6.07) is 79.4. The summed E-state index contributed by atoms with van der Waals surface area (Å²) in [4.78, 5) is 2.52. The van der Waals surface area contributed by atoms with Gasteiger partial charge in [-0.2, -0.15) is 0 Å². The minimum absolute atomic E-state index is 0.0650. The summed E-state index contributed by atoms with van der Waals surface area (Å²) in [5.41, 5.74) is 24.6. The molecule has 1 saturated carbocycles. The van der Waals surface area contributed by atoms with E-state index in [0.717, 1.165) is 11.4 Å². The van der Waals surface area contributed by atoms with Gasteiger partial charge >= 0.3 is 0 Å². The van der Waals surface area contributed by atoms with E-state index in [4.69, 9.17) is 0 Å². The van der Waals surface area contributed by atoms with Gasteiger partial charge in [-0.25, -0.2) is 0 Å². The number of hydrogen-bond donors (Lipinski definition) is 0. The van der Waals surface area contributed by atoms with Gasteiger partial charge in [0.15, 0.2) is 0 Å². The molecule has 12 rings (SSSR count). The number of nitrogens with zero attached hydrogens (tertiary/aromatic N) is 1. The zero-order valence-electron chi connectivity index (χ0n) is 36.0. The van der Waals surface area contributed by atoms with E-state index < -0.39 is 0 Å². The number of fused-ring (bicyclic) bond motifs is 8. The Balaban J connectivity index is 1.02. The SMILES string of the molecule is CC1(C)c2ccccc2-c2cccc(-c3ccc(N(c4ccc5c(c4)C4(CCCC4)c4ccccc4-5)c4ccccc4-c4cccc(-c5ccccc5-c5ccccc5)c4)cc3)c21. The first-order valence-corrected chi connectivity index (χ1v) is 22.7. The minimum atomic E-state index is -0.0967. The van der Waals surface area contributed by atoms with E-state index in [1.165, 1.54) is 120 Å². The third-order valence-corrected chi connectivity index (χ3v) is 14.6. The lowest BCUT2D eigenvalue weighted by Gasteiger charge is -2.31. The standard InChI is InChI=1S/C62H49N/c1-61(2)56-29-11-8-26-53(56)55-28-17-27-51(60(55)61)43-32-34-46(35-33-43)63(47-36-37-54-52-25-9-12-30-57(52)62(58(54)41-47)38-14-15-39-62)59-31-13-10-24-50(59)45-21-16-20-44(40-45)49-23-7-6-22-48(49)42-18-4-3-5-19-42/h3-13,16-37,40-41H,14-15,38-39H2,1-2H3. The third kappa shape index (κ3) is 5.90. The van der Waals surface area contributed by atoms with E-state index in [2.05, 4.69) is 231 Å². The van der Waals surface area contributed by atoms with Gasteiger partial charge < -0.3 is 4.90 Å². The molecule has 0 saturated heterocycles. The monoisotopic (exact) mass is 807 g/mol. The highest BCUT2D eigenvalue weighted by molar-refractivity contribution is 5.94. The zero-order valence-corrected chi connectivity index (χ0v) is 36.0. The lowest BCUT2D eigenvalue weighted by Crippen LogP contribution is -2.21. The molecular weight excluding hydrogens is 759 g/mol. The molecular formula is C62H49N. The van der Waals surface area contributed by atoms with Gasteiger partial charge in [0.2, 0.25) is 0 Å². The topological polar surface area (TPSA) is 3.24 Å². The van der Waals surface area contributed by atoms with Gasteiger partial charge in [-0.05, 0) is 133 Å². The molecule has 302 valence electrons. The molecule has 9 aromatic rings. The fraction of sp³-hybridized carbons (Fsp3) is 0.129. The van der Waals surface area contributed by atoms with Crippen molar-refractivity contribution in [1.82, 2.24) is 0 Å². The third-order valence-electron chi connectivity index (χ3n) is 14.6. The lowest BCUT2D eigenvalue weighted by atomic mass is 9.76. The summed E-state index contributed by atoms with van der Waals surface area (Å²) in [6.07, 6.45) is 4.93. The highest BCUT2D eigenvalue weighted by atomic mass is 15.1. The van der Waals surface area contributed by atoms with Crippen LogP contribution < -0.4 is 4.90 Å². The van der Waals surface area contributed by atoms with Gasteiger partial charge in [-0.3, -0.25) is 0 Å². The lowest BCUT2D eigenvalue weighted by molar-refractivity contribution is 0.550. The molecule has 0 bridgehead atoms. The maximum atomic E-state index is 2.54. The molecule has 1 heteroatoms. The molecule has 0 amide bonds. The highest BCUT2D eigenvalue weighted by Crippen LogP contribution is 2.58. The predicted octanol–water partition coefficient (Wildman–Crippen LogP) is 17.0. The van der Waals surface area contributed by atoms with Crippen LogP contribution in [0.5, 0.6) is 0 Å². The van der Waals surface area contributed by atoms with Crippen molar-refractivity contribution in [3.8, 4) is 66.8 Å². The van der Waals surface area contributed by atoms with Crippen LogP contribution in [0.1, 0.15) is 61.8 Å². The van der Waals surface area contributed by atoms with E-state index in [1.807, 2.05) is 0 Å². The molecule has 0 aliphatic heterocycles. The summed E-state index contributed by atoms with van der Waals surface area (Å²) in [5.74, 6) is 0. The van der Waals surface area contributed by atoms with Crippen molar-refractivity contribution < 1.29 is 0 Å². The van der Waals surface area contributed by atoms with E-state index in [9.17, 15) is 0 Å². The van der Waals surface area contributed by atoms with Crippen molar-refractivity contribution in [2.24, 2.45) is 0 Å². The van der Waals surface area contributed by atoms with Gasteiger partial charge in [0.1, 0.15) is 0 Å². The Morgan fingerprint density at radius 1 is 0.333 bits per heavy atom.